The van der Waals surface area contributed by atoms with Crippen molar-refractivity contribution in [3.05, 3.63) is 38.4 Å². The Balaban J connectivity index is 2.18. The lowest BCUT2D eigenvalue weighted by Gasteiger charge is -2.41. The van der Waals surface area contributed by atoms with Crippen LogP contribution in [0, 0.1) is 25.6 Å². The monoisotopic (exact) mass is 279 g/mol. The zero-order valence-electron chi connectivity index (χ0n) is 11.3. The van der Waals surface area contributed by atoms with Crippen molar-refractivity contribution in [2.75, 3.05) is 11.9 Å². The molecule has 1 aromatic carbocycles. The van der Waals surface area contributed by atoms with Gasteiger partial charge in [0.2, 0.25) is 0 Å². The molecular formula is C13H17N3O4. The molecule has 0 atom stereocenters. The van der Waals surface area contributed by atoms with Crippen molar-refractivity contribution in [1.29, 1.82) is 0 Å². The van der Waals surface area contributed by atoms with Crippen LogP contribution >= 0.6 is 0 Å². The molecule has 0 amide bonds. The van der Waals surface area contributed by atoms with Gasteiger partial charge in [-0.3, -0.25) is 20.2 Å². The summed E-state index contributed by atoms with van der Waals surface area (Å²) >= 11 is 0. The molecule has 0 aliphatic heterocycles. The van der Waals surface area contributed by atoms with Crippen molar-refractivity contribution in [3.8, 4) is 0 Å². The summed E-state index contributed by atoms with van der Waals surface area (Å²) in [6, 6.07) is 3.70. The molecule has 1 aliphatic rings. The van der Waals surface area contributed by atoms with Crippen molar-refractivity contribution in [2.24, 2.45) is 5.41 Å². The van der Waals surface area contributed by atoms with E-state index in [0.717, 1.165) is 25.3 Å². The highest BCUT2D eigenvalue weighted by molar-refractivity contribution is 5.65. The number of nitrogens with one attached hydrogen (secondary N) is 1. The van der Waals surface area contributed by atoms with Gasteiger partial charge in [-0.1, -0.05) is 13.3 Å². The van der Waals surface area contributed by atoms with Crippen LogP contribution in [0.15, 0.2) is 18.2 Å². The molecule has 0 bridgehead atoms. The van der Waals surface area contributed by atoms with Crippen LogP contribution in [0.3, 0.4) is 0 Å². The second-order valence-electron chi connectivity index (χ2n) is 5.28. The molecular weight excluding hydrogens is 262 g/mol. The minimum Gasteiger partial charge on any atom is -0.379 e. The third kappa shape index (κ3) is 2.71. The third-order valence-corrected chi connectivity index (χ3v) is 4.21. The Kier molecular flexibility index (Phi) is 3.87. The van der Waals surface area contributed by atoms with Crippen LogP contribution in [0.2, 0.25) is 0 Å². The van der Waals surface area contributed by atoms with E-state index in [4.69, 9.17) is 0 Å². The first-order chi connectivity index (χ1) is 9.47. The van der Waals surface area contributed by atoms with E-state index in [2.05, 4.69) is 12.2 Å². The quantitative estimate of drug-likeness (QED) is 0.634. The summed E-state index contributed by atoms with van der Waals surface area (Å²) < 4.78 is 0. The van der Waals surface area contributed by atoms with Crippen LogP contribution in [0.5, 0.6) is 0 Å². The molecule has 0 spiro atoms. The first-order valence-corrected chi connectivity index (χ1v) is 6.64. The van der Waals surface area contributed by atoms with Gasteiger partial charge in [-0.15, -0.1) is 0 Å². The van der Waals surface area contributed by atoms with E-state index in [1.807, 2.05) is 0 Å². The van der Waals surface area contributed by atoms with Gasteiger partial charge < -0.3 is 5.32 Å². The summed E-state index contributed by atoms with van der Waals surface area (Å²) in [5.74, 6) is 0. The number of rotatable bonds is 6. The normalized spacial score (nSPS) is 16.2. The van der Waals surface area contributed by atoms with Crippen molar-refractivity contribution in [3.63, 3.8) is 0 Å². The van der Waals surface area contributed by atoms with Crippen molar-refractivity contribution < 1.29 is 9.85 Å². The summed E-state index contributed by atoms with van der Waals surface area (Å²) in [5.41, 5.74) is 0.0523. The number of hydrogen-bond donors (Lipinski definition) is 1. The predicted octanol–water partition coefficient (Wildman–Crippen LogP) is 3.50. The number of anilines is 1. The maximum Gasteiger partial charge on any atom is 0.299 e. The first kappa shape index (κ1) is 14.2. The molecule has 1 aliphatic carbocycles. The summed E-state index contributed by atoms with van der Waals surface area (Å²) in [4.78, 5) is 20.5. The third-order valence-electron chi connectivity index (χ3n) is 4.21. The van der Waals surface area contributed by atoms with Crippen LogP contribution in [-0.4, -0.2) is 16.4 Å². The van der Waals surface area contributed by atoms with Crippen LogP contribution in [-0.2, 0) is 0 Å². The smallest absolute Gasteiger partial charge is 0.299 e. The first-order valence-electron chi connectivity index (χ1n) is 6.64. The molecule has 0 heterocycles. The lowest BCUT2D eigenvalue weighted by Crippen LogP contribution is -2.35. The second-order valence-corrected chi connectivity index (χ2v) is 5.28. The largest absolute Gasteiger partial charge is 0.379 e. The highest BCUT2D eigenvalue weighted by Crippen LogP contribution is 2.44. The van der Waals surface area contributed by atoms with Crippen molar-refractivity contribution in [1.82, 2.24) is 0 Å². The summed E-state index contributed by atoms with van der Waals surface area (Å²) in [5, 5.41) is 24.8. The SMILES string of the molecule is CCC1(CNc2ccc([N+](=O)[O-])cc2[N+](=O)[O-])CCC1. The number of hydrogen-bond acceptors (Lipinski definition) is 5. The van der Waals surface area contributed by atoms with Crippen LogP contribution < -0.4 is 5.32 Å². The Labute approximate surface area is 116 Å². The highest BCUT2D eigenvalue weighted by Gasteiger charge is 2.35. The number of nitro benzene ring substituents is 2. The molecule has 7 nitrogen and oxygen atoms in total. The van der Waals surface area contributed by atoms with E-state index >= 15 is 0 Å². The van der Waals surface area contributed by atoms with Gasteiger partial charge in [0.15, 0.2) is 0 Å². The predicted molar refractivity (Wildman–Crippen MR) is 74.8 cm³/mol. The van der Waals surface area contributed by atoms with E-state index in [0.29, 0.717) is 12.2 Å². The molecule has 0 aromatic heterocycles. The summed E-state index contributed by atoms with van der Waals surface area (Å²) in [7, 11) is 0. The molecule has 0 radical (unpaired) electrons. The van der Waals surface area contributed by atoms with Gasteiger partial charge in [0.25, 0.3) is 11.4 Å². The molecule has 0 unspecified atom stereocenters. The standard InChI is InChI=1S/C13H17N3O4/c1-2-13(6-3-7-13)9-14-11-5-4-10(15(17)18)8-12(11)16(19)20/h4-5,8,14H,2-3,6-7,9H2,1H3. The highest BCUT2D eigenvalue weighted by atomic mass is 16.6. The fourth-order valence-electron chi connectivity index (χ4n) is 2.55. The molecule has 1 saturated carbocycles. The average Bonchev–Trinajstić information content (AvgIpc) is 2.37. The number of nitrogens with zero attached hydrogens (tertiary/aromatic N) is 2. The number of non-ortho nitro benzene ring substituents is 1. The zero-order chi connectivity index (χ0) is 14.8. The van der Waals surface area contributed by atoms with Gasteiger partial charge in [0, 0.05) is 12.6 Å². The van der Waals surface area contributed by atoms with Gasteiger partial charge in [0.1, 0.15) is 5.69 Å². The molecule has 0 saturated heterocycles. The van der Waals surface area contributed by atoms with Crippen LogP contribution in [0.25, 0.3) is 0 Å². The van der Waals surface area contributed by atoms with E-state index in [1.165, 1.54) is 18.6 Å². The number of nitro groups is 2. The molecule has 7 heteroatoms. The maximum atomic E-state index is 11.0. The molecule has 1 aromatic rings. The Morgan fingerprint density at radius 2 is 1.95 bits per heavy atom. The maximum absolute atomic E-state index is 11.0. The van der Waals surface area contributed by atoms with E-state index in [9.17, 15) is 20.2 Å². The Hall–Kier alpha value is -2.18. The molecule has 2 rings (SSSR count). The van der Waals surface area contributed by atoms with E-state index in [1.54, 1.807) is 0 Å². The fourth-order valence-corrected chi connectivity index (χ4v) is 2.55. The Morgan fingerprint density at radius 3 is 2.40 bits per heavy atom. The fraction of sp³-hybridized carbons (Fsp3) is 0.538. The van der Waals surface area contributed by atoms with Gasteiger partial charge in [-0.05, 0) is 30.7 Å². The number of benzene rings is 1. The van der Waals surface area contributed by atoms with Crippen LogP contribution in [0.1, 0.15) is 32.6 Å². The van der Waals surface area contributed by atoms with Gasteiger partial charge in [-0.2, -0.15) is 0 Å². The summed E-state index contributed by atoms with van der Waals surface area (Å²) in [6.45, 7) is 2.78. The Bertz CT molecular complexity index is 535. The minimum atomic E-state index is -0.629. The molecule has 1 N–H and O–H groups in total. The van der Waals surface area contributed by atoms with Crippen molar-refractivity contribution in [2.45, 2.75) is 32.6 Å². The lowest BCUT2D eigenvalue weighted by atomic mass is 9.67. The summed E-state index contributed by atoms with van der Waals surface area (Å²) in [6.07, 6.45) is 4.47. The Morgan fingerprint density at radius 1 is 1.25 bits per heavy atom. The van der Waals surface area contributed by atoms with Crippen molar-refractivity contribution >= 4 is 17.1 Å². The molecule has 1 fully saturated rings. The lowest BCUT2D eigenvalue weighted by molar-refractivity contribution is -0.393. The molecule has 108 valence electrons. The second kappa shape index (κ2) is 5.44. The van der Waals surface area contributed by atoms with Crippen LogP contribution in [0.4, 0.5) is 17.1 Å². The van der Waals surface area contributed by atoms with Gasteiger partial charge in [0.05, 0.1) is 15.9 Å². The van der Waals surface area contributed by atoms with E-state index in [-0.39, 0.29) is 16.8 Å². The van der Waals surface area contributed by atoms with E-state index < -0.39 is 9.85 Å². The average molecular weight is 279 g/mol. The minimum absolute atomic E-state index is 0.218. The topological polar surface area (TPSA) is 98.3 Å². The zero-order valence-corrected chi connectivity index (χ0v) is 11.3. The molecule has 20 heavy (non-hydrogen) atoms. The van der Waals surface area contributed by atoms with Gasteiger partial charge >= 0.3 is 0 Å². The van der Waals surface area contributed by atoms with Gasteiger partial charge in [-0.25, -0.2) is 0 Å².